The van der Waals surface area contributed by atoms with Gasteiger partial charge in [0, 0.05) is 13.1 Å². The van der Waals surface area contributed by atoms with Crippen LogP contribution in [-0.4, -0.2) is 34.7 Å². The van der Waals surface area contributed by atoms with Gasteiger partial charge in [0.25, 0.3) is 5.92 Å². The molecule has 1 saturated carbocycles. The maximum atomic E-state index is 13.2. The Morgan fingerprint density at radius 1 is 1.23 bits per heavy atom. The fourth-order valence-electron chi connectivity index (χ4n) is 3.38. The van der Waals surface area contributed by atoms with Crippen LogP contribution in [0.25, 0.3) is 0 Å². The lowest BCUT2D eigenvalue weighted by atomic mass is 10.00. The number of nitrogens with two attached hydrogens (primary N) is 1. The average Bonchev–Trinajstić information content (AvgIpc) is 2.86. The molecule has 1 aliphatic carbocycles. The van der Waals surface area contributed by atoms with Crippen LogP contribution in [0.5, 0.6) is 0 Å². The van der Waals surface area contributed by atoms with Gasteiger partial charge in [-0.3, -0.25) is 0 Å². The molecule has 1 aromatic rings. The number of piperidine rings is 1. The Kier molecular flexibility index (Phi) is 2.76. The monoisotopic (exact) mass is 305 g/mol. The van der Waals surface area contributed by atoms with Gasteiger partial charge in [0.2, 0.25) is 0 Å². The number of nitrogens with zero attached hydrogens (tertiary/aromatic N) is 4. The number of hydrogen-bond acceptors (Lipinski definition) is 5. The van der Waals surface area contributed by atoms with Gasteiger partial charge in [-0.25, -0.2) is 23.7 Å². The summed E-state index contributed by atoms with van der Waals surface area (Å²) < 4.78 is 26.4. The molecule has 0 amide bonds. The number of allylic oxidation sites excluding steroid dienone is 1. The summed E-state index contributed by atoms with van der Waals surface area (Å²) in [5.74, 6) is -2.02. The average molecular weight is 305 g/mol. The molecular formula is C15H17F2N5. The number of fused-ring (bicyclic) bond motifs is 1. The Labute approximate surface area is 127 Å². The van der Waals surface area contributed by atoms with E-state index in [4.69, 9.17) is 5.73 Å². The molecule has 4 rings (SSSR count). The highest BCUT2D eigenvalue weighted by molar-refractivity contribution is 6.00. The first kappa shape index (κ1) is 13.6. The Morgan fingerprint density at radius 3 is 2.55 bits per heavy atom. The van der Waals surface area contributed by atoms with E-state index in [1.54, 1.807) is 12.4 Å². The minimum absolute atomic E-state index is 0.321. The minimum atomic E-state index is -2.47. The lowest BCUT2D eigenvalue weighted by molar-refractivity contribution is 0.0797. The summed E-state index contributed by atoms with van der Waals surface area (Å²) in [4.78, 5) is 14.9. The molecule has 0 radical (unpaired) electrons. The lowest BCUT2D eigenvalue weighted by Gasteiger charge is -2.21. The molecular weight excluding hydrogens is 288 g/mol. The van der Waals surface area contributed by atoms with Crippen LogP contribution in [0.1, 0.15) is 19.0 Å². The summed E-state index contributed by atoms with van der Waals surface area (Å²) in [6.45, 7) is 2.79. The lowest BCUT2D eigenvalue weighted by Crippen LogP contribution is -2.28. The summed E-state index contributed by atoms with van der Waals surface area (Å²) in [6, 6.07) is 0. The van der Waals surface area contributed by atoms with Crippen molar-refractivity contribution in [2.24, 2.45) is 28.5 Å². The second-order valence-corrected chi connectivity index (χ2v) is 6.38. The van der Waals surface area contributed by atoms with Gasteiger partial charge in [-0.05, 0) is 18.4 Å². The molecule has 0 bridgehead atoms. The van der Waals surface area contributed by atoms with E-state index in [1.165, 1.54) is 0 Å². The van der Waals surface area contributed by atoms with Crippen LogP contribution in [0.2, 0.25) is 0 Å². The highest BCUT2D eigenvalue weighted by Crippen LogP contribution is 2.59. The van der Waals surface area contributed by atoms with E-state index in [-0.39, 0.29) is 0 Å². The summed E-state index contributed by atoms with van der Waals surface area (Å²) >= 11 is 0. The number of alkyl halides is 2. The first-order valence-corrected chi connectivity index (χ1v) is 7.45. The van der Waals surface area contributed by atoms with Gasteiger partial charge in [0.15, 0.2) is 0 Å². The molecule has 0 spiro atoms. The van der Waals surface area contributed by atoms with Gasteiger partial charge in [-0.15, -0.1) is 0 Å². The molecule has 2 N–H and O–H groups in total. The van der Waals surface area contributed by atoms with Crippen LogP contribution in [0.4, 0.5) is 14.6 Å². The molecule has 116 valence electrons. The fourth-order valence-corrected chi connectivity index (χ4v) is 3.38. The van der Waals surface area contributed by atoms with E-state index in [0.29, 0.717) is 36.3 Å². The smallest absolute Gasteiger partial charge is 0.258 e. The predicted molar refractivity (Wildman–Crippen MR) is 78.8 cm³/mol. The van der Waals surface area contributed by atoms with E-state index in [2.05, 4.69) is 21.9 Å². The van der Waals surface area contributed by atoms with Crippen molar-refractivity contribution >= 4 is 11.5 Å². The third-order valence-electron chi connectivity index (χ3n) is 4.69. The van der Waals surface area contributed by atoms with E-state index >= 15 is 0 Å². The second kappa shape index (κ2) is 4.47. The van der Waals surface area contributed by atoms with Crippen molar-refractivity contribution < 1.29 is 8.78 Å². The molecule has 1 aromatic heterocycles. The molecule has 2 fully saturated rings. The number of aliphatic imine (C=N–C) groups is 1. The summed E-state index contributed by atoms with van der Waals surface area (Å²) in [7, 11) is 0. The molecule has 3 heterocycles. The van der Waals surface area contributed by atoms with Crippen molar-refractivity contribution in [1.82, 2.24) is 9.97 Å². The fraction of sp³-hybridized carbons (Fsp3) is 0.533. The van der Waals surface area contributed by atoms with Gasteiger partial charge in [0.05, 0.1) is 29.9 Å². The van der Waals surface area contributed by atoms with Gasteiger partial charge in [0.1, 0.15) is 17.3 Å². The normalized spacial score (nSPS) is 32.3. The Morgan fingerprint density at radius 2 is 1.95 bits per heavy atom. The number of halogens is 2. The van der Waals surface area contributed by atoms with Gasteiger partial charge < -0.3 is 10.6 Å². The van der Waals surface area contributed by atoms with Gasteiger partial charge in [-0.1, -0.05) is 6.92 Å². The standard InChI is InChI=1S/C15H17F2N5/c1-8-2-11(21-13(18)3-8)12-4-20-14(5-19-12)22-6-9-10(7-22)15(9,16)17/h3-5,8-10H,2,6-7,18H2,1H3. The number of aromatic nitrogens is 2. The molecule has 5 nitrogen and oxygen atoms in total. The van der Waals surface area contributed by atoms with Crippen LogP contribution >= 0.6 is 0 Å². The Bertz CT molecular complexity index is 653. The van der Waals surface area contributed by atoms with E-state index < -0.39 is 17.8 Å². The Hall–Kier alpha value is -2.05. The molecule has 0 aromatic carbocycles. The van der Waals surface area contributed by atoms with Gasteiger partial charge in [-0.2, -0.15) is 0 Å². The highest BCUT2D eigenvalue weighted by Gasteiger charge is 2.71. The molecule has 3 unspecified atom stereocenters. The van der Waals surface area contributed by atoms with Crippen molar-refractivity contribution in [2.45, 2.75) is 19.3 Å². The van der Waals surface area contributed by atoms with E-state index in [1.807, 2.05) is 11.0 Å². The first-order valence-electron chi connectivity index (χ1n) is 7.45. The Balaban J connectivity index is 1.49. The van der Waals surface area contributed by atoms with Crippen LogP contribution < -0.4 is 10.6 Å². The highest BCUT2D eigenvalue weighted by atomic mass is 19.3. The maximum absolute atomic E-state index is 13.2. The van der Waals surface area contributed by atoms with Crippen molar-refractivity contribution in [2.75, 3.05) is 18.0 Å². The van der Waals surface area contributed by atoms with Crippen LogP contribution in [-0.2, 0) is 0 Å². The summed E-state index contributed by atoms with van der Waals surface area (Å²) in [5.41, 5.74) is 7.29. The maximum Gasteiger partial charge on any atom is 0.258 e. The van der Waals surface area contributed by atoms with E-state index in [9.17, 15) is 8.78 Å². The van der Waals surface area contributed by atoms with Crippen molar-refractivity contribution in [3.8, 4) is 0 Å². The predicted octanol–water partition coefficient (Wildman–Crippen LogP) is 1.81. The van der Waals surface area contributed by atoms with Gasteiger partial charge >= 0.3 is 0 Å². The quantitative estimate of drug-likeness (QED) is 0.905. The molecule has 3 atom stereocenters. The molecule has 7 heteroatoms. The summed E-state index contributed by atoms with van der Waals surface area (Å²) in [6.07, 6.45) is 5.98. The zero-order chi connectivity index (χ0) is 15.5. The van der Waals surface area contributed by atoms with Crippen molar-refractivity contribution in [3.63, 3.8) is 0 Å². The SMILES string of the molecule is CC1C=C(N)N=C(c2cnc(N3CC4C(C3)C4(F)F)cn2)C1. The van der Waals surface area contributed by atoms with E-state index in [0.717, 1.165) is 12.1 Å². The molecule has 1 saturated heterocycles. The molecule has 22 heavy (non-hydrogen) atoms. The zero-order valence-corrected chi connectivity index (χ0v) is 12.2. The third kappa shape index (κ3) is 2.07. The molecule has 2 aliphatic heterocycles. The first-order chi connectivity index (χ1) is 10.4. The second-order valence-electron chi connectivity index (χ2n) is 6.38. The van der Waals surface area contributed by atoms with Crippen LogP contribution in [0.15, 0.2) is 29.3 Å². The third-order valence-corrected chi connectivity index (χ3v) is 4.69. The largest absolute Gasteiger partial charge is 0.384 e. The van der Waals surface area contributed by atoms with Crippen LogP contribution in [0.3, 0.4) is 0 Å². The van der Waals surface area contributed by atoms with Crippen molar-refractivity contribution in [3.05, 3.63) is 30.0 Å². The topological polar surface area (TPSA) is 67.4 Å². The van der Waals surface area contributed by atoms with Crippen molar-refractivity contribution in [1.29, 1.82) is 0 Å². The number of anilines is 1. The zero-order valence-electron chi connectivity index (χ0n) is 12.2. The molecule has 3 aliphatic rings. The number of rotatable bonds is 2. The van der Waals surface area contributed by atoms with Crippen LogP contribution in [0, 0.1) is 17.8 Å². The summed E-state index contributed by atoms with van der Waals surface area (Å²) in [5, 5.41) is 0. The number of hydrogen-bond donors (Lipinski definition) is 1. The minimum Gasteiger partial charge on any atom is -0.384 e.